The van der Waals surface area contributed by atoms with Crippen LogP contribution in [0.5, 0.6) is 5.75 Å². The van der Waals surface area contributed by atoms with Crippen LogP contribution in [0.25, 0.3) is 0 Å². The molecule has 1 unspecified atom stereocenters. The molecule has 0 aromatic heterocycles. The van der Waals surface area contributed by atoms with Crippen LogP contribution in [0.2, 0.25) is 0 Å². The molecule has 0 saturated heterocycles. The maximum Gasteiger partial charge on any atom is 0.253 e. The van der Waals surface area contributed by atoms with Gasteiger partial charge in [-0.05, 0) is 37.1 Å². The minimum absolute atomic E-state index is 0.0216. The summed E-state index contributed by atoms with van der Waals surface area (Å²) in [6, 6.07) is 14.3. The Bertz CT molecular complexity index is 597. The van der Waals surface area contributed by atoms with Gasteiger partial charge in [-0.3, -0.25) is 4.79 Å². The third-order valence-electron chi connectivity index (χ3n) is 3.04. The van der Waals surface area contributed by atoms with Crippen LogP contribution >= 0.6 is 0 Å². The molecule has 4 nitrogen and oxygen atoms in total. The van der Waals surface area contributed by atoms with Crippen molar-refractivity contribution in [3.63, 3.8) is 0 Å². The molecule has 1 atom stereocenters. The Kier molecular flexibility index (Phi) is 4.25. The van der Waals surface area contributed by atoms with Gasteiger partial charge in [-0.25, -0.2) is 0 Å². The van der Waals surface area contributed by atoms with Crippen molar-refractivity contribution in [2.75, 3.05) is 5.73 Å². The van der Waals surface area contributed by atoms with Crippen LogP contribution in [-0.4, -0.2) is 17.1 Å². The first-order chi connectivity index (χ1) is 9.56. The monoisotopic (exact) mass is 270 g/mol. The molecule has 0 spiro atoms. The van der Waals surface area contributed by atoms with E-state index in [-0.39, 0.29) is 17.7 Å². The van der Waals surface area contributed by atoms with Crippen LogP contribution in [0.1, 0.15) is 22.8 Å². The normalized spacial score (nSPS) is 11.8. The van der Waals surface area contributed by atoms with Crippen molar-refractivity contribution >= 4 is 11.6 Å². The molecule has 0 bridgehead atoms. The molecule has 104 valence electrons. The van der Waals surface area contributed by atoms with E-state index in [2.05, 4.69) is 5.32 Å². The highest BCUT2D eigenvalue weighted by Gasteiger charge is 2.13. The lowest BCUT2D eigenvalue weighted by Gasteiger charge is -2.15. The molecule has 2 aromatic rings. The summed E-state index contributed by atoms with van der Waals surface area (Å²) in [5, 5.41) is 12.3. The fourth-order valence-electron chi connectivity index (χ4n) is 2.06. The molecule has 0 heterocycles. The highest BCUT2D eigenvalue weighted by Crippen LogP contribution is 2.18. The van der Waals surface area contributed by atoms with Gasteiger partial charge in [0.25, 0.3) is 5.91 Å². The van der Waals surface area contributed by atoms with Gasteiger partial charge in [-0.1, -0.05) is 30.3 Å². The van der Waals surface area contributed by atoms with E-state index in [1.807, 2.05) is 37.3 Å². The molecule has 2 rings (SSSR count). The first kappa shape index (κ1) is 13.9. The van der Waals surface area contributed by atoms with Gasteiger partial charge in [0, 0.05) is 11.7 Å². The van der Waals surface area contributed by atoms with Crippen LogP contribution in [-0.2, 0) is 6.42 Å². The molecule has 0 aliphatic carbocycles. The van der Waals surface area contributed by atoms with Gasteiger partial charge >= 0.3 is 0 Å². The molecule has 0 radical (unpaired) electrons. The first-order valence-corrected chi connectivity index (χ1v) is 6.49. The Hall–Kier alpha value is -2.49. The van der Waals surface area contributed by atoms with E-state index < -0.39 is 0 Å². The lowest BCUT2D eigenvalue weighted by atomic mass is 10.1. The van der Waals surface area contributed by atoms with Gasteiger partial charge in [0.15, 0.2) is 0 Å². The summed E-state index contributed by atoms with van der Waals surface area (Å²) < 4.78 is 0. The number of aromatic hydroxyl groups is 1. The summed E-state index contributed by atoms with van der Waals surface area (Å²) >= 11 is 0. The van der Waals surface area contributed by atoms with Gasteiger partial charge in [-0.15, -0.1) is 0 Å². The van der Waals surface area contributed by atoms with Crippen LogP contribution in [0.15, 0.2) is 48.5 Å². The van der Waals surface area contributed by atoms with Crippen LogP contribution in [0.4, 0.5) is 5.69 Å². The third-order valence-corrected chi connectivity index (χ3v) is 3.04. The molecule has 0 aliphatic rings. The SMILES string of the molecule is CC(Cc1ccccc1)NC(=O)c1cc(O)ccc1N. The number of benzene rings is 2. The Balaban J connectivity index is 2.02. The van der Waals surface area contributed by atoms with E-state index in [1.165, 1.54) is 18.2 Å². The topological polar surface area (TPSA) is 75.3 Å². The fraction of sp³-hybridized carbons (Fsp3) is 0.188. The van der Waals surface area contributed by atoms with Crippen molar-refractivity contribution in [1.29, 1.82) is 0 Å². The van der Waals surface area contributed by atoms with Gasteiger partial charge in [0.05, 0.1) is 5.56 Å². The minimum atomic E-state index is -0.276. The molecular weight excluding hydrogens is 252 g/mol. The number of amides is 1. The third kappa shape index (κ3) is 3.51. The van der Waals surface area contributed by atoms with Gasteiger partial charge in [-0.2, -0.15) is 0 Å². The number of anilines is 1. The second kappa shape index (κ2) is 6.10. The van der Waals surface area contributed by atoms with Gasteiger partial charge in [0.1, 0.15) is 5.75 Å². The van der Waals surface area contributed by atoms with Crippen molar-refractivity contribution in [3.8, 4) is 5.75 Å². The molecule has 0 fully saturated rings. The van der Waals surface area contributed by atoms with Crippen molar-refractivity contribution in [1.82, 2.24) is 5.32 Å². The van der Waals surface area contributed by atoms with Crippen LogP contribution in [0.3, 0.4) is 0 Å². The second-order valence-corrected chi connectivity index (χ2v) is 4.84. The highest BCUT2D eigenvalue weighted by molar-refractivity contribution is 5.99. The zero-order valence-electron chi connectivity index (χ0n) is 11.3. The average molecular weight is 270 g/mol. The van der Waals surface area contributed by atoms with Crippen molar-refractivity contribution in [3.05, 3.63) is 59.7 Å². The summed E-state index contributed by atoms with van der Waals surface area (Å²) in [6.07, 6.45) is 0.741. The number of carbonyl (C=O) groups excluding carboxylic acids is 1. The standard InChI is InChI=1S/C16H18N2O2/c1-11(9-12-5-3-2-4-6-12)18-16(20)14-10-13(19)7-8-15(14)17/h2-8,10-11,19H,9,17H2,1H3,(H,18,20). The number of nitrogens with two attached hydrogens (primary N) is 1. The maximum atomic E-state index is 12.1. The van der Waals surface area contributed by atoms with Gasteiger partial charge in [0.2, 0.25) is 0 Å². The Labute approximate surface area is 118 Å². The molecule has 0 saturated carbocycles. The Morgan fingerprint density at radius 3 is 2.65 bits per heavy atom. The quantitative estimate of drug-likeness (QED) is 0.589. The summed E-state index contributed by atoms with van der Waals surface area (Å²) in [7, 11) is 0. The lowest BCUT2D eigenvalue weighted by molar-refractivity contribution is 0.0940. The predicted octanol–water partition coefficient (Wildman–Crippen LogP) is 2.34. The van der Waals surface area contributed by atoms with Crippen molar-refractivity contribution in [2.45, 2.75) is 19.4 Å². The number of hydrogen-bond donors (Lipinski definition) is 3. The van der Waals surface area contributed by atoms with E-state index >= 15 is 0 Å². The van der Waals surface area contributed by atoms with Crippen molar-refractivity contribution in [2.24, 2.45) is 0 Å². The molecule has 0 aliphatic heterocycles. The van der Waals surface area contributed by atoms with E-state index in [0.717, 1.165) is 12.0 Å². The highest BCUT2D eigenvalue weighted by atomic mass is 16.3. The number of hydrogen-bond acceptors (Lipinski definition) is 3. The first-order valence-electron chi connectivity index (χ1n) is 6.49. The van der Waals surface area contributed by atoms with Crippen LogP contribution < -0.4 is 11.1 Å². The molecule has 20 heavy (non-hydrogen) atoms. The lowest BCUT2D eigenvalue weighted by Crippen LogP contribution is -2.34. The minimum Gasteiger partial charge on any atom is -0.508 e. The molecular formula is C16H18N2O2. The molecule has 1 amide bonds. The zero-order chi connectivity index (χ0) is 14.5. The largest absolute Gasteiger partial charge is 0.508 e. The molecule has 4 heteroatoms. The zero-order valence-corrected chi connectivity index (χ0v) is 11.3. The summed E-state index contributed by atoms with van der Waals surface area (Å²) in [6.45, 7) is 1.93. The smallest absolute Gasteiger partial charge is 0.253 e. The number of carbonyl (C=O) groups is 1. The van der Waals surface area contributed by atoms with E-state index in [4.69, 9.17) is 5.73 Å². The summed E-state index contributed by atoms with van der Waals surface area (Å²) in [4.78, 5) is 12.1. The maximum absolute atomic E-state index is 12.1. The Morgan fingerprint density at radius 2 is 1.95 bits per heavy atom. The van der Waals surface area contributed by atoms with E-state index in [0.29, 0.717) is 11.3 Å². The fourth-order valence-corrected chi connectivity index (χ4v) is 2.06. The van der Waals surface area contributed by atoms with E-state index in [9.17, 15) is 9.90 Å². The number of rotatable bonds is 4. The van der Waals surface area contributed by atoms with Crippen LogP contribution in [0, 0.1) is 0 Å². The van der Waals surface area contributed by atoms with E-state index in [1.54, 1.807) is 0 Å². The summed E-state index contributed by atoms with van der Waals surface area (Å²) in [5.74, 6) is -0.248. The average Bonchev–Trinajstić information content (AvgIpc) is 2.42. The Morgan fingerprint density at radius 1 is 1.25 bits per heavy atom. The number of phenols is 1. The molecule has 2 aromatic carbocycles. The van der Waals surface area contributed by atoms with Crippen molar-refractivity contribution < 1.29 is 9.90 Å². The number of nitrogens with one attached hydrogen (secondary N) is 1. The summed E-state index contributed by atoms with van der Waals surface area (Å²) in [5.41, 5.74) is 7.55. The second-order valence-electron chi connectivity index (χ2n) is 4.84. The number of phenolic OH excluding ortho intramolecular Hbond substituents is 1. The molecule has 4 N–H and O–H groups in total. The van der Waals surface area contributed by atoms with Gasteiger partial charge < -0.3 is 16.2 Å². The number of nitrogen functional groups attached to an aromatic ring is 1. The predicted molar refractivity (Wildman–Crippen MR) is 79.6 cm³/mol.